The Morgan fingerprint density at radius 3 is 2.57 bits per heavy atom. The molecule has 0 aliphatic carbocycles. The number of ether oxygens (including phenoxy) is 2. The number of carbonyl (C=O) groups is 1. The number of amides is 1. The third kappa shape index (κ3) is 4.23. The highest BCUT2D eigenvalue weighted by Gasteiger charge is 2.19. The maximum atomic E-state index is 12.5. The third-order valence-electron chi connectivity index (χ3n) is 3.71. The van der Waals surface area contributed by atoms with Crippen molar-refractivity contribution in [1.29, 1.82) is 0 Å². The van der Waals surface area contributed by atoms with Crippen LogP contribution in [0.15, 0.2) is 48.5 Å². The molecule has 0 atom stereocenters. The largest absolute Gasteiger partial charge is 0.488 e. The molecule has 5 heteroatoms. The third-order valence-corrected chi connectivity index (χ3v) is 4.56. The van der Waals surface area contributed by atoms with Crippen LogP contribution in [0.2, 0.25) is 0 Å². The van der Waals surface area contributed by atoms with E-state index < -0.39 is 0 Å². The van der Waals surface area contributed by atoms with Crippen molar-refractivity contribution in [3.8, 4) is 5.75 Å². The normalized spacial score (nSPS) is 14.6. The molecule has 1 saturated heterocycles. The number of hydrogen-bond donors (Lipinski definition) is 0. The Kier molecular flexibility index (Phi) is 5.51. The van der Waals surface area contributed by atoms with Gasteiger partial charge in [-0.05, 0) is 46.4 Å². The first-order valence-electron chi connectivity index (χ1n) is 7.57. The van der Waals surface area contributed by atoms with E-state index in [0.717, 1.165) is 14.9 Å². The van der Waals surface area contributed by atoms with Gasteiger partial charge in [0.25, 0.3) is 5.91 Å². The fraction of sp³-hybridized carbons (Fsp3) is 0.278. The summed E-state index contributed by atoms with van der Waals surface area (Å²) in [4.78, 5) is 14.3. The van der Waals surface area contributed by atoms with Crippen molar-refractivity contribution in [3.63, 3.8) is 0 Å². The van der Waals surface area contributed by atoms with E-state index in [9.17, 15) is 4.79 Å². The number of rotatable bonds is 4. The lowest BCUT2D eigenvalue weighted by molar-refractivity contribution is 0.0303. The van der Waals surface area contributed by atoms with Crippen LogP contribution >= 0.6 is 22.6 Å². The lowest BCUT2D eigenvalue weighted by atomic mass is 10.2. The molecule has 4 nitrogen and oxygen atoms in total. The van der Waals surface area contributed by atoms with Crippen LogP contribution < -0.4 is 4.74 Å². The van der Waals surface area contributed by atoms with Crippen LogP contribution in [0, 0.1) is 3.57 Å². The van der Waals surface area contributed by atoms with Crippen molar-refractivity contribution < 1.29 is 14.3 Å². The second kappa shape index (κ2) is 7.79. The van der Waals surface area contributed by atoms with Gasteiger partial charge in [0.2, 0.25) is 0 Å². The number of nitrogens with zero attached hydrogens (tertiary/aromatic N) is 1. The molecule has 1 aliphatic rings. The Bertz CT molecular complexity index is 669. The number of morpholine rings is 1. The number of carbonyl (C=O) groups excluding carboxylic acids is 1. The average Bonchev–Trinajstić information content (AvgIpc) is 2.61. The summed E-state index contributed by atoms with van der Waals surface area (Å²) in [6.45, 7) is 3.05. The first-order chi connectivity index (χ1) is 11.2. The predicted octanol–water partition coefficient (Wildman–Crippen LogP) is 3.34. The Morgan fingerprint density at radius 2 is 1.87 bits per heavy atom. The zero-order valence-corrected chi connectivity index (χ0v) is 14.9. The fourth-order valence-electron chi connectivity index (χ4n) is 2.44. The van der Waals surface area contributed by atoms with Crippen molar-refractivity contribution in [2.75, 3.05) is 26.3 Å². The van der Waals surface area contributed by atoms with E-state index in [4.69, 9.17) is 9.47 Å². The standard InChI is InChI=1S/C18H18INO3/c19-16-12-15(18(21)20-8-10-22-11-9-20)6-7-17(16)23-13-14-4-2-1-3-5-14/h1-7,12H,8-11,13H2. The van der Waals surface area contributed by atoms with Crippen LogP contribution in [0.1, 0.15) is 15.9 Å². The average molecular weight is 423 g/mol. The Labute approximate surface area is 149 Å². The minimum Gasteiger partial charge on any atom is -0.488 e. The van der Waals surface area contributed by atoms with Gasteiger partial charge in [-0.15, -0.1) is 0 Å². The lowest BCUT2D eigenvalue weighted by Crippen LogP contribution is -2.40. The van der Waals surface area contributed by atoms with E-state index in [1.165, 1.54) is 0 Å². The predicted molar refractivity (Wildman–Crippen MR) is 96.7 cm³/mol. The smallest absolute Gasteiger partial charge is 0.254 e. The zero-order chi connectivity index (χ0) is 16.1. The molecule has 1 amide bonds. The fourth-order valence-corrected chi connectivity index (χ4v) is 3.11. The van der Waals surface area contributed by atoms with Crippen LogP contribution in [0.4, 0.5) is 0 Å². The molecule has 1 heterocycles. The molecule has 2 aromatic carbocycles. The van der Waals surface area contributed by atoms with Crippen LogP contribution in [0.25, 0.3) is 0 Å². The van der Waals surface area contributed by atoms with Crippen molar-refractivity contribution in [3.05, 3.63) is 63.2 Å². The van der Waals surface area contributed by atoms with E-state index >= 15 is 0 Å². The summed E-state index contributed by atoms with van der Waals surface area (Å²) in [5.41, 5.74) is 1.82. The van der Waals surface area contributed by atoms with Crippen LogP contribution in [-0.2, 0) is 11.3 Å². The van der Waals surface area contributed by atoms with Gasteiger partial charge < -0.3 is 14.4 Å². The number of benzene rings is 2. The van der Waals surface area contributed by atoms with Gasteiger partial charge in [0.15, 0.2) is 0 Å². The summed E-state index contributed by atoms with van der Waals surface area (Å²) in [7, 11) is 0. The van der Waals surface area contributed by atoms with Gasteiger partial charge >= 0.3 is 0 Å². The molecule has 23 heavy (non-hydrogen) atoms. The van der Waals surface area contributed by atoms with E-state index in [1.807, 2.05) is 53.4 Å². The summed E-state index contributed by atoms with van der Waals surface area (Å²) in [6.07, 6.45) is 0. The van der Waals surface area contributed by atoms with Crippen molar-refractivity contribution in [2.45, 2.75) is 6.61 Å². The van der Waals surface area contributed by atoms with Crippen LogP contribution in [0.5, 0.6) is 5.75 Å². The van der Waals surface area contributed by atoms with E-state index in [2.05, 4.69) is 22.6 Å². The molecule has 0 aromatic heterocycles. The summed E-state index contributed by atoms with van der Waals surface area (Å²) in [5.74, 6) is 0.855. The highest BCUT2D eigenvalue weighted by atomic mass is 127. The highest BCUT2D eigenvalue weighted by Crippen LogP contribution is 2.24. The van der Waals surface area contributed by atoms with Gasteiger partial charge in [-0.3, -0.25) is 4.79 Å². The van der Waals surface area contributed by atoms with E-state index in [1.54, 1.807) is 0 Å². The molecule has 3 rings (SSSR count). The molecular weight excluding hydrogens is 405 g/mol. The molecule has 1 fully saturated rings. The molecule has 0 radical (unpaired) electrons. The number of halogens is 1. The Balaban J connectivity index is 1.66. The maximum Gasteiger partial charge on any atom is 0.254 e. The molecule has 0 spiro atoms. The molecule has 0 N–H and O–H groups in total. The SMILES string of the molecule is O=C(c1ccc(OCc2ccccc2)c(I)c1)N1CCOCC1. The van der Waals surface area contributed by atoms with Gasteiger partial charge in [-0.25, -0.2) is 0 Å². The van der Waals surface area contributed by atoms with Gasteiger partial charge in [-0.2, -0.15) is 0 Å². The second-order valence-electron chi connectivity index (χ2n) is 5.32. The quantitative estimate of drug-likeness (QED) is 0.709. The first kappa shape index (κ1) is 16.3. The highest BCUT2D eigenvalue weighted by molar-refractivity contribution is 14.1. The van der Waals surface area contributed by atoms with Gasteiger partial charge in [0, 0.05) is 18.7 Å². The second-order valence-corrected chi connectivity index (χ2v) is 6.49. The van der Waals surface area contributed by atoms with Crippen molar-refractivity contribution in [2.24, 2.45) is 0 Å². The lowest BCUT2D eigenvalue weighted by Gasteiger charge is -2.27. The summed E-state index contributed by atoms with van der Waals surface area (Å²) in [5, 5.41) is 0. The Hall–Kier alpha value is -1.60. The summed E-state index contributed by atoms with van der Waals surface area (Å²) in [6, 6.07) is 15.6. The zero-order valence-electron chi connectivity index (χ0n) is 12.7. The van der Waals surface area contributed by atoms with Crippen molar-refractivity contribution >= 4 is 28.5 Å². The van der Waals surface area contributed by atoms with E-state index in [0.29, 0.717) is 38.5 Å². The van der Waals surface area contributed by atoms with Gasteiger partial charge in [-0.1, -0.05) is 30.3 Å². The minimum atomic E-state index is 0.0563. The molecule has 1 aliphatic heterocycles. The molecule has 0 unspecified atom stereocenters. The topological polar surface area (TPSA) is 38.8 Å². The minimum absolute atomic E-state index is 0.0563. The van der Waals surface area contributed by atoms with E-state index in [-0.39, 0.29) is 5.91 Å². The molecule has 120 valence electrons. The summed E-state index contributed by atoms with van der Waals surface area (Å²) < 4.78 is 12.1. The Morgan fingerprint density at radius 1 is 1.13 bits per heavy atom. The molecular formula is C18H18INO3. The van der Waals surface area contributed by atoms with Crippen LogP contribution in [-0.4, -0.2) is 37.1 Å². The monoisotopic (exact) mass is 423 g/mol. The van der Waals surface area contributed by atoms with Gasteiger partial charge in [0.05, 0.1) is 16.8 Å². The summed E-state index contributed by atoms with van der Waals surface area (Å²) >= 11 is 2.21. The van der Waals surface area contributed by atoms with Crippen molar-refractivity contribution in [1.82, 2.24) is 4.90 Å². The number of hydrogen-bond acceptors (Lipinski definition) is 3. The molecule has 2 aromatic rings. The molecule has 0 bridgehead atoms. The van der Waals surface area contributed by atoms with Gasteiger partial charge in [0.1, 0.15) is 12.4 Å². The van der Waals surface area contributed by atoms with Crippen LogP contribution in [0.3, 0.4) is 0 Å². The first-order valence-corrected chi connectivity index (χ1v) is 8.65. The maximum absolute atomic E-state index is 12.5. The molecule has 0 saturated carbocycles.